The molecule has 0 bridgehead atoms. The van der Waals surface area contributed by atoms with Gasteiger partial charge in [-0.3, -0.25) is 0 Å². The van der Waals surface area contributed by atoms with E-state index in [1.54, 1.807) is 0 Å². The summed E-state index contributed by atoms with van der Waals surface area (Å²) in [4.78, 5) is 9.35. The highest BCUT2D eigenvalue weighted by Gasteiger charge is 2.22. The Morgan fingerprint density at radius 2 is 1.80 bits per heavy atom. The molecular weight excluding hydrogens is 254 g/mol. The average Bonchev–Trinajstić information content (AvgIpc) is 2.00. The Balaban J connectivity index is 3.58. The smallest absolute Gasteiger partial charge is 0.338 e. The van der Waals surface area contributed by atoms with Crippen LogP contribution in [0.5, 0.6) is 0 Å². The highest BCUT2D eigenvalue weighted by molar-refractivity contribution is 8.13. The van der Waals surface area contributed by atoms with Crippen LogP contribution >= 0.6 is 10.7 Å². The quantitative estimate of drug-likeness (QED) is 0.816. The lowest BCUT2D eigenvalue weighted by Crippen LogP contribution is -2.05. The summed E-state index contributed by atoms with van der Waals surface area (Å²) in [5.41, 5.74) is -0.962. The number of benzene rings is 1. The Labute approximate surface area is 87.5 Å². The average molecular weight is 257 g/mol. The summed E-state index contributed by atoms with van der Waals surface area (Å²) in [6.07, 6.45) is 0. The molecule has 15 heavy (non-hydrogen) atoms. The maximum Gasteiger partial charge on any atom is 0.338 e. The molecule has 0 heterocycles. The van der Waals surface area contributed by atoms with E-state index >= 15 is 0 Å². The Hall–Kier alpha value is -1.21. The summed E-state index contributed by atoms with van der Waals surface area (Å²) in [5.74, 6) is -4.52. The van der Waals surface area contributed by atoms with Crippen LogP contribution in [0.15, 0.2) is 17.0 Å². The minimum Gasteiger partial charge on any atom is -0.478 e. The second kappa shape index (κ2) is 3.74. The first-order chi connectivity index (χ1) is 6.73. The zero-order valence-electron chi connectivity index (χ0n) is 6.87. The zero-order chi connectivity index (χ0) is 11.8. The van der Waals surface area contributed by atoms with Crippen molar-refractivity contribution in [3.8, 4) is 0 Å². The molecule has 1 rings (SSSR count). The van der Waals surface area contributed by atoms with Gasteiger partial charge in [0.25, 0.3) is 9.05 Å². The van der Waals surface area contributed by atoms with E-state index in [0.717, 1.165) is 0 Å². The van der Waals surface area contributed by atoms with Gasteiger partial charge in [0, 0.05) is 16.7 Å². The van der Waals surface area contributed by atoms with Crippen molar-refractivity contribution >= 4 is 25.7 Å². The molecule has 0 saturated carbocycles. The fraction of sp³-hybridized carbons (Fsp3) is 0. The molecule has 1 aromatic carbocycles. The molecule has 0 spiro atoms. The maximum atomic E-state index is 12.9. The van der Waals surface area contributed by atoms with Crippen molar-refractivity contribution in [2.24, 2.45) is 0 Å². The van der Waals surface area contributed by atoms with Gasteiger partial charge in [-0.2, -0.15) is 0 Å². The minimum absolute atomic E-state index is 0.152. The summed E-state index contributed by atoms with van der Waals surface area (Å²) in [6, 6.07) is 0.480. The molecule has 4 nitrogen and oxygen atoms in total. The Kier molecular flexibility index (Phi) is 2.96. The molecule has 1 N–H and O–H groups in total. The number of aromatic carboxylic acids is 1. The van der Waals surface area contributed by atoms with Crippen LogP contribution in [0.4, 0.5) is 8.78 Å². The number of carbonyl (C=O) groups is 1. The third-order valence-corrected chi connectivity index (χ3v) is 2.85. The Morgan fingerprint density at radius 3 is 2.20 bits per heavy atom. The van der Waals surface area contributed by atoms with Crippen molar-refractivity contribution in [3.05, 3.63) is 29.3 Å². The lowest BCUT2D eigenvalue weighted by atomic mass is 10.2. The lowest BCUT2D eigenvalue weighted by molar-refractivity contribution is 0.0691. The van der Waals surface area contributed by atoms with Crippen LogP contribution < -0.4 is 0 Å². The first-order valence-corrected chi connectivity index (χ1v) is 5.71. The number of halogens is 3. The molecule has 0 aromatic heterocycles. The predicted octanol–water partition coefficient (Wildman–Crippen LogP) is 1.59. The molecule has 0 radical (unpaired) electrons. The van der Waals surface area contributed by atoms with E-state index in [1.165, 1.54) is 0 Å². The van der Waals surface area contributed by atoms with Crippen molar-refractivity contribution in [2.45, 2.75) is 4.90 Å². The summed E-state index contributed by atoms with van der Waals surface area (Å²) >= 11 is 0. The molecule has 0 saturated heterocycles. The molecule has 0 aliphatic carbocycles. The van der Waals surface area contributed by atoms with Crippen molar-refractivity contribution in [1.29, 1.82) is 0 Å². The second-order valence-electron chi connectivity index (χ2n) is 2.51. The molecule has 8 heteroatoms. The van der Waals surface area contributed by atoms with Gasteiger partial charge in [0.15, 0.2) is 0 Å². The standard InChI is InChI=1S/C7H3ClF2O4S/c8-15(13,14)6-1-3(7(11)12)4(9)2-5(6)10/h1-2H,(H,11,12). The minimum atomic E-state index is -4.44. The number of carboxylic acid groups (broad SMARTS) is 1. The topological polar surface area (TPSA) is 71.4 Å². The Morgan fingerprint density at radius 1 is 1.27 bits per heavy atom. The van der Waals surface area contributed by atoms with Crippen molar-refractivity contribution in [3.63, 3.8) is 0 Å². The van der Waals surface area contributed by atoms with Crippen LogP contribution in [-0.4, -0.2) is 19.5 Å². The first-order valence-electron chi connectivity index (χ1n) is 3.40. The molecule has 0 aliphatic rings. The van der Waals surface area contributed by atoms with E-state index in [0.29, 0.717) is 6.07 Å². The van der Waals surface area contributed by atoms with Gasteiger partial charge in [-0.15, -0.1) is 0 Å². The molecule has 1 aromatic rings. The number of hydrogen-bond donors (Lipinski definition) is 1. The SMILES string of the molecule is O=C(O)c1cc(S(=O)(=O)Cl)c(F)cc1F. The van der Waals surface area contributed by atoms with Crippen molar-refractivity contribution in [2.75, 3.05) is 0 Å². The van der Waals surface area contributed by atoms with Gasteiger partial charge in [0.05, 0.1) is 5.56 Å². The molecular formula is C7H3ClF2O4S. The van der Waals surface area contributed by atoms with E-state index in [9.17, 15) is 22.0 Å². The van der Waals surface area contributed by atoms with Gasteiger partial charge < -0.3 is 5.11 Å². The Bertz CT molecular complexity index is 526. The van der Waals surface area contributed by atoms with Gasteiger partial charge >= 0.3 is 5.97 Å². The van der Waals surface area contributed by atoms with Crippen LogP contribution in [0.3, 0.4) is 0 Å². The summed E-state index contributed by atoms with van der Waals surface area (Å²) in [7, 11) is 0.371. The van der Waals surface area contributed by atoms with E-state index < -0.39 is 37.1 Å². The van der Waals surface area contributed by atoms with Crippen LogP contribution in [-0.2, 0) is 9.05 Å². The monoisotopic (exact) mass is 256 g/mol. The number of hydrogen-bond acceptors (Lipinski definition) is 3. The van der Waals surface area contributed by atoms with Gasteiger partial charge in [0.2, 0.25) is 0 Å². The van der Waals surface area contributed by atoms with E-state index in [2.05, 4.69) is 0 Å². The summed E-state index contributed by atoms with van der Waals surface area (Å²) in [6.45, 7) is 0. The van der Waals surface area contributed by atoms with Crippen molar-refractivity contribution in [1.82, 2.24) is 0 Å². The molecule has 0 fully saturated rings. The highest BCUT2D eigenvalue weighted by Crippen LogP contribution is 2.22. The zero-order valence-corrected chi connectivity index (χ0v) is 8.44. The fourth-order valence-corrected chi connectivity index (χ4v) is 1.79. The number of carboxylic acids is 1. The summed E-state index contributed by atoms with van der Waals surface area (Å²) in [5, 5.41) is 8.45. The highest BCUT2D eigenvalue weighted by atomic mass is 35.7. The van der Waals surface area contributed by atoms with Gasteiger partial charge in [0.1, 0.15) is 16.5 Å². The van der Waals surface area contributed by atoms with E-state index in [1.807, 2.05) is 0 Å². The van der Waals surface area contributed by atoms with Crippen molar-refractivity contribution < 1.29 is 27.1 Å². The van der Waals surface area contributed by atoms with Crippen LogP contribution in [0.1, 0.15) is 10.4 Å². The fourth-order valence-electron chi connectivity index (χ4n) is 0.880. The normalized spacial score (nSPS) is 11.4. The van der Waals surface area contributed by atoms with Gasteiger partial charge in [-0.1, -0.05) is 0 Å². The largest absolute Gasteiger partial charge is 0.478 e. The van der Waals surface area contributed by atoms with Gasteiger partial charge in [-0.25, -0.2) is 22.0 Å². The lowest BCUT2D eigenvalue weighted by Gasteiger charge is -2.02. The first kappa shape index (κ1) is 11.9. The molecule has 82 valence electrons. The van der Waals surface area contributed by atoms with Gasteiger partial charge in [-0.05, 0) is 6.07 Å². The molecule has 0 amide bonds. The third-order valence-electron chi connectivity index (χ3n) is 1.51. The predicted molar refractivity (Wildman–Crippen MR) is 46.4 cm³/mol. The van der Waals surface area contributed by atoms with Crippen LogP contribution in [0.2, 0.25) is 0 Å². The second-order valence-corrected chi connectivity index (χ2v) is 5.04. The van der Waals surface area contributed by atoms with E-state index in [-0.39, 0.29) is 6.07 Å². The molecule has 0 aliphatic heterocycles. The number of rotatable bonds is 2. The molecule has 0 unspecified atom stereocenters. The summed E-state index contributed by atoms with van der Waals surface area (Å²) < 4.78 is 47.2. The van der Waals surface area contributed by atoms with E-state index in [4.69, 9.17) is 15.8 Å². The third kappa shape index (κ3) is 2.42. The maximum absolute atomic E-state index is 12.9. The van der Waals surface area contributed by atoms with Crippen LogP contribution in [0.25, 0.3) is 0 Å². The van der Waals surface area contributed by atoms with Crippen LogP contribution in [0, 0.1) is 11.6 Å². The molecule has 0 atom stereocenters.